The van der Waals surface area contributed by atoms with E-state index in [1.807, 2.05) is 24.3 Å². The first-order valence-electron chi connectivity index (χ1n) is 5.18. The van der Waals surface area contributed by atoms with E-state index in [0.29, 0.717) is 12.4 Å². The summed E-state index contributed by atoms with van der Waals surface area (Å²) in [7, 11) is 0. The number of halogens is 1. The monoisotopic (exact) mass is 215 g/mol. The summed E-state index contributed by atoms with van der Waals surface area (Å²) in [6.45, 7) is 0.593. The highest BCUT2D eigenvalue weighted by atomic mass is 19.1. The van der Waals surface area contributed by atoms with Crippen LogP contribution in [0.3, 0.4) is 0 Å². The molecule has 0 aliphatic rings. The third-order valence-corrected chi connectivity index (χ3v) is 2.26. The molecule has 1 radical (unpaired) electrons. The maximum Gasteiger partial charge on any atom is 0.123 e. The Morgan fingerprint density at radius 1 is 1.00 bits per heavy atom. The smallest absolute Gasteiger partial charge is 0.123 e. The van der Waals surface area contributed by atoms with Gasteiger partial charge in [0.1, 0.15) is 11.6 Å². The lowest BCUT2D eigenvalue weighted by Crippen LogP contribution is -2.01. The van der Waals surface area contributed by atoms with Gasteiger partial charge in [0.15, 0.2) is 0 Å². The number of ether oxygens (including phenoxy) is 1. The number of hydrogen-bond donors (Lipinski definition) is 0. The van der Waals surface area contributed by atoms with Gasteiger partial charge in [0, 0.05) is 6.42 Å². The van der Waals surface area contributed by atoms with Crippen LogP contribution in [0.2, 0.25) is 0 Å². The van der Waals surface area contributed by atoms with Crippen molar-refractivity contribution < 1.29 is 9.13 Å². The summed E-state index contributed by atoms with van der Waals surface area (Å²) >= 11 is 0. The predicted octanol–water partition coefficient (Wildman–Crippen LogP) is 3.25. The lowest BCUT2D eigenvalue weighted by molar-refractivity contribution is 0.321. The zero-order valence-electron chi connectivity index (χ0n) is 8.82. The van der Waals surface area contributed by atoms with Crippen molar-refractivity contribution in [1.29, 1.82) is 0 Å². The Hall–Kier alpha value is -1.83. The molecular formula is C14H12FO. The van der Waals surface area contributed by atoms with Crippen LogP contribution in [0.25, 0.3) is 0 Å². The third kappa shape index (κ3) is 3.09. The molecule has 2 aromatic carbocycles. The first-order valence-corrected chi connectivity index (χ1v) is 5.18. The van der Waals surface area contributed by atoms with Gasteiger partial charge in [-0.1, -0.05) is 24.3 Å². The molecule has 0 aliphatic carbocycles. The normalized spacial score (nSPS) is 10.1. The van der Waals surface area contributed by atoms with Crippen molar-refractivity contribution >= 4 is 0 Å². The van der Waals surface area contributed by atoms with E-state index < -0.39 is 0 Å². The molecule has 2 rings (SSSR count). The minimum Gasteiger partial charge on any atom is -0.493 e. The van der Waals surface area contributed by atoms with Crippen LogP contribution < -0.4 is 4.74 Å². The summed E-state index contributed by atoms with van der Waals surface area (Å²) in [4.78, 5) is 0. The fourth-order valence-electron chi connectivity index (χ4n) is 1.41. The van der Waals surface area contributed by atoms with Crippen LogP contribution in [0.15, 0.2) is 48.5 Å². The Kier molecular flexibility index (Phi) is 3.54. The first kappa shape index (κ1) is 10.7. The van der Waals surface area contributed by atoms with Gasteiger partial charge < -0.3 is 4.74 Å². The minimum absolute atomic E-state index is 0.244. The summed E-state index contributed by atoms with van der Waals surface area (Å²) < 4.78 is 18.1. The highest BCUT2D eigenvalue weighted by Gasteiger charge is 1.95. The molecule has 0 unspecified atom stereocenters. The fourth-order valence-corrected chi connectivity index (χ4v) is 1.41. The number of benzene rings is 2. The topological polar surface area (TPSA) is 9.23 Å². The van der Waals surface area contributed by atoms with Gasteiger partial charge in [-0.2, -0.15) is 0 Å². The molecule has 0 atom stereocenters. The summed E-state index contributed by atoms with van der Waals surface area (Å²) in [5, 5.41) is 0. The maximum absolute atomic E-state index is 12.6. The quantitative estimate of drug-likeness (QED) is 0.760. The van der Waals surface area contributed by atoms with Gasteiger partial charge in [-0.25, -0.2) is 4.39 Å². The molecule has 16 heavy (non-hydrogen) atoms. The molecule has 0 aliphatic heterocycles. The van der Waals surface area contributed by atoms with Gasteiger partial charge in [-0.3, -0.25) is 0 Å². The average molecular weight is 215 g/mol. The van der Waals surface area contributed by atoms with Gasteiger partial charge >= 0.3 is 0 Å². The van der Waals surface area contributed by atoms with E-state index in [1.165, 1.54) is 17.7 Å². The number of rotatable bonds is 4. The fraction of sp³-hybridized carbons (Fsp3) is 0.143. The number of hydrogen-bond acceptors (Lipinski definition) is 1. The van der Waals surface area contributed by atoms with E-state index in [-0.39, 0.29) is 5.82 Å². The Balaban J connectivity index is 1.82. The van der Waals surface area contributed by atoms with Gasteiger partial charge in [0.2, 0.25) is 0 Å². The van der Waals surface area contributed by atoms with Crippen LogP contribution >= 0.6 is 0 Å². The van der Waals surface area contributed by atoms with E-state index in [2.05, 4.69) is 6.07 Å². The molecule has 81 valence electrons. The van der Waals surface area contributed by atoms with Crippen molar-refractivity contribution in [2.75, 3.05) is 6.61 Å². The minimum atomic E-state index is -0.244. The van der Waals surface area contributed by atoms with E-state index in [1.54, 1.807) is 12.1 Å². The third-order valence-electron chi connectivity index (χ3n) is 2.26. The molecule has 0 amide bonds. The molecule has 0 spiro atoms. The zero-order valence-corrected chi connectivity index (χ0v) is 8.82. The SMILES string of the molecule is Fc1ccc(OCCc2cc[c]cc2)cc1. The Bertz CT molecular complexity index is 422. The standard InChI is InChI=1S/C14H12FO/c15-13-6-8-14(9-7-13)16-11-10-12-4-2-1-3-5-12/h2-9H,10-11H2. The van der Waals surface area contributed by atoms with Crippen LogP contribution in [-0.2, 0) is 6.42 Å². The average Bonchev–Trinajstić information content (AvgIpc) is 2.33. The van der Waals surface area contributed by atoms with Crippen LogP contribution in [0.5, 0.6) is 5.75 Å². The molecule has 2 aromatic rings. The molecule has 0 N–H and O–H groups in total. The van der Waals surface area contributed by atoms with Crippen LogP contribution in [-0.4, -0.2) is 6.61 Å². The van der Waals surface area contributed by atoms with Crippen molar-refractivity contribution in [1.82, 2.24) is 0 Å². The molecule has 0 heterocycles. The van der Waals surface area contributed by atoms with Gasteiger partial charge in [-0.15, -0.1) is 0 Å². The first-order chi connectivity index (χ1) is 7.84. The maximum atomic E-state index is 12.6. The van der Waals surface area contributed by atoms with Crippen molar-refractivity contribution in [3.63, 3.8) is 0 Å². The second-order valence-corrected chi connectivity index (χ2v) is 3.46. The van der Waals surface area contributed by atoms with Crippen LogP contribution in [0.1, 0.15) is 5.56 Å². The summed E-state index contributed by atoms with van der Waals surface area (Å²) in [5.74, 6) is 0.454. The molecule has 0 saturated carbocycles. The Morgan fingerprint density at radius 3 is 2.38 bits per heavy atom. The van der Waals surface area contributed by atoms with Crippen molar-refractivity contribution in [3.05, 3.63) is 66.0 Å². The Labute approximate surface area is 94.5 Å². The highest BCUT2D eigenvalue weighted by Crippen LogP contribution is 2.11. The highest BCUT2D eigenvalue weighted by molar-refractivity contribution is 5.22. The molecule has 1 nitrogen and oxygen atoms in total. The lowest BCUT2D eigenvalue weighted by atomic mass is 10.2. The second kappa shape index (κ2) is 5.31. The molecule has 0 saturated heterocycles. The van der Waals surface area contributed by atoms with Crippen LogP contribution in [0, 0.1) is 11.9 Å². The molecule has 2 heteroatoms. The van der Waals surface area contributed by atoms with Crippen molar-refractivity contribution in [2.24, 2.45) is 0 Å². The largest absolute Gasteiger partial charge is 0.493 e. The van der Waals surface area contributed by atoms with Crippen molar-refractivity contribution in [2.45, 2.75) is 6.42 Å². The van der Waals surface area contributed by atoms with E-state index in [4.69, 9.17) is 4.74 Å². The summed E-state index contributed by atoms with van der Waals surface area (Å²) in [6, 6.07) is 16.8. The lowest BCUT2D eigenvalue weighted by Gasteiger charge is -2.05. The summed E-state index contributed by atoms with van der Waals surface area (Å²) in [5.41, 5.74) is 1.21. The van der Waals surface area contributed by atoms with Gasteiger partial charge in [0.25, 0.3) is 0 Å². The van der Waals surface area contributed by atoms with Gasteiger partial charge in [-0.05, 0) is 35.9 Å². The molecular weight excluding hydrogens is 203 g/mol. The molecule has 0 fully saturated rings. The zero-order chi connectivity index (χ0) is 11.2. The molecule has 0 aromatic heterocycles. The van der Waals surface area contributed by atoms with E-state index in [0.717, 1.165) is 6.42 Å². The second-order valence-electron chi connectivity index (χ2n) is 3.46. The van der Waals surface area contributed by atoms with E-state index in [9.17, 15) is 4.39 Å². The van der Waals surface area contributed by atoms with Crippen molar-refractivity contribution in [3.8, 4) is 5.75 Å². The van der Waals surface area contributed by atoms with Gasteiger partial charge in [0.05, 0.1) is 6.61 Å². The van der Waals surface area contributed by atoms with E-state index >= 15 is 0 Å². The molecule has 0 bridgehead atoms. The summed E-state index contributed by atoms with van der Waals surface area (Å²) in [6.07, 6.45) is 0.839. The Morgan fingerprint density at radius 2 is 1.69 bits per heavy atom. The predicted molar refractivity (Wildman–Crippen MR) is 60.9 cm³/mol. The van der Waals surface area contributed by atoms with Crippen LogP contribution in [0.4, 0.5) is 4.39 Å².